The third kappa shape index (κ3) is 5.45. The summed E-state index contributed by atoms with van der Waals surface area (Å²) < 4.78 is 50.5. The molecule has 3 aromatic carbocycles. The second kappa shape index (κ2) is 10.1. The molecule has 3 aromatic rings. The van der Waals surface area contributed by atoms with Gasteiger partial charge in [-0.3, -0.25) is 0 Å². The number of rotatable bonds is 4. The zero-order valence-electron chi connectivity index (χ0n) is 21.0. The third-order valence-electron chi connectivity index (χ3n) is 5.81. The SMILES string of the molecule is Cc1cc(C2=NOC(c3cc(Cl)cc(Cl)c3)(C(F)(F)F)C2=Cc2ccccc2)ccc1C(=O)OC(C)(C)C. The summed E-state index contributed by atoms with van der Waals surface area (Å²) in [6.45, 7) is 6.92. The minimum Gasteiger partial charge on any atom is -0.456 e. The van der Waals surface area contributed by atoms with Crippen LogP contribution >= 0.6 is 23.2 Å². The van der Waals surface area contributed by atoms with Crippen LogP contribution in [0.4, 0.5) is 13.2 Å². The molecule has 1 aliphatic heterocycles. The molecule has 0 spiro atoms. The maximum Gasteiger partial charge on any atom is 0.440 e. The average molecular weight is 562 g/mol. The summed E-state index contributed by atoms with van der Waals surface area (Å²) in [5.74, 6) is -0.538. The van der Waals surface area contributed by atoms with Crippen molar-refractivity contribution in [3.8, 4) is 0 Å². The molecule has 0 amide bonds. The number of hydrogen-bond donors (Lipinski definition) is 0. The first-order chi connectivity index (χ1) is 17.7. The second-order valence-corrected chi connectivity index (χ2v) is 10.7. The molecule has 0 saturated heterocycles. The van der Waals surface area contributed by atoms with Crippen LogP contribution in [0.15, 0.2) is 77.5 Å². The number of ether oxygens (including phenoxy) is 1. The molecular formula is C29H24Cl2F3NO3. The van der Waals surface area contributed by atoms with Crippen LogP contribution in [0.1, 0.15) is 53.4 Å². The number of oxime groups is 1. The Morgan fingerprint density at radius 3 is 2.16 bits per heavy atom. The minimum atomic E-state index is -4.95. The van der Waals surface area contributed by atoms with Crippen molar-refractivity contribution in [2.45, 2.75) is 45.1 Å². The summed E-state index contributed by atoms with van der Waals surface area (Å²) in [5, 5.41) is 3.98. The van der Waals surface area contributed by atoms with E-state index in [2.05, 4.69) is 5.16 Å². The first-order valence-electron chi connectivity index (χ1n) is 11.6. The monoisotopic (exact) mass is 561 g/mol. The van der Waals surface area contributed by atoms with Gasteiger partial charge in [-0.2, -0.15) is 13.2 Å². The zero-order chi connectivity index (χ0) is 27.9. The van der Waals surface area contributed by atoms with E-state index in [1.54, 1.807) is 64.1 Å². The van der Waals surface area contributed by atoms with Gasteiger partial charge in [-0.1, -0.05) is 64.8 Å². The lowest BCUT2D eigenvalue weighted by atomic mass is 9.80. The maximum absolute atomic E-state index is 15.0. The Labute approximate surface area is 228 Å². The summed E-state index contributed by atoms with van der Waals surface area (Å²) in [5.41, 5.74) is -2.66. The Morgan fingerprint density at radius 1 is 0.974 bits per heavy atom. The number of carbonyl (C=O) groups is 1. The standard InChI is InChI=1S/C29H24Cl2F3NO3/c1-17-12-19(10-11-23(17)26(36)37-27(2,3)4)25-24(13-18-8-6-5-7-9-18)28(38-35-25,29(32,33)34)20-14-21(30)16-22(31)15-20/h5-16H,1-4H3. The number of halogens is 5. The van der Waals surface area contributed by atoms with Crippen LogP contribution in [-0.4, -0.2) is 23.5 Å². The van der Waals surface area contributed by atoms with Crippen LogP contribution in [0, 0.1) is 6.92 Å². The number of carbonyl (C=O) groups excluding carboxylic acids is 1. The number of nitrogens with zero attached hydrogens (tertiary/aromatic N) is 1. The number of alkyl halides is 3. The van der Waals surface area contributed by atoms with Crippen LogP contribution in [-0.2, 0) is 15.2 Å². The summed E-state index contributed by atoms with van der Waals surface area (Å²) in [7, 11) is 0. The van der Waals surface area contributed by atoms with Gasteiger partial charge in [0.1, 0.15) is 11.3 Å². The Kier molecular flexibility index (Phi) is 7.38. The molecule has 1 atom stereocenters. The molecule has 0 aliphatic carbocycles. The van der Waals surface area contributed by atoms with Crippen LogP contribution in [0.2, 0.25) is 10.0 Å². The van der Waals surface area contributed by atoms with Gasteiger partial charge in [-0.15, -0.1) is 0 Å². The molecule has 4 nitrogen and oxygen atoms in total. The van der Waals surface area contributed by atoms with E-state index in [0.29, 0.717) is 22.3 Å². The number of benzene rings is 3. The molecule has 1 unspecified atom stereocenters. The third-order valence-corrected chi connectivity index (χ3v) is 6.24. The molecule has 0 aromatic heterocycles. The second-order valence-electron chi connectivity index (χ2n) is 9.87. The van der Waals surface area contributed by atoms with Gasteiger partial charge in [0.15, 0.2) is 0 Å². The lowest BCUT2D eigenvalue weighted by molar-refractivity contribution is -0.261. The van der Waals surface area contributed by atoms with Gasteiger partial charge in [-0.05, 0) is 75.2 Å². The van der Waals surface area contributed by atoms with E-state index in [1.807, 2.05) is 0 Å². The largest absolute Gasteiger partial charge is 0.456 e. The summed E-state index contributed by atoms with van der Waals surface area (Å²) in [6, 6.07) is 16.8. The van der Waals surface area contributed by atoms with E-state index >= 15 is 13.2 Å². The molecule has 38 heavy (non-hydrogen) atoms. The Morgan fingerprint density at radius 2 is 1.61 bits per heavy atom. The van der Waals surface area contributed by atoms with Crippen LogP contribution in [0.5, 0.6) is 0 Å². The molecular weight excluding hydrogens is 538 g/mol. The van der Waals surface area contributed by atoms with E-state index in [4.69, 9.17) is 32.8 Å². The summed E-state index contributed by atoms with van der Waals surface area (Å²) >= 11 is 12.2. The number of hydrogen-bond acceptors (Lipinski definition) is 4. The average Bonchev–Trinajstić information content (AvgIpc) is 3.18. The van der Waals surface area contributed by atoms with Crippen LogP contribution < -0.4 is 0 Å². The molecule has 9 heteroatoms. The molecule has 0 saturated carbocycles. The highest BCUT2D eigenvalue weighted by Crippen LogP contribution is 2.53. The molecule has 1 heterocycles. The summed E-state index contributed by atoms with van der Waals surface area (Å²) in [6.07, 6.45) is -3.57. The van der Waals surface area contributed by atoms with Crippen molar-refractivity contribution in [2.24, 2.45) is 5.16 Å². The summed E-state index contributed by atoms with van der Waals surface area (Å²) in [4.78, 5) is 18.0. The molecule has 0 fully saturated rings. The van der Waals surface area contributed by atoms with E-state index < -0.39 is 23.3 Å². The van der Waals surface area contributed by atoms with Gasteiger partial charge in [0.2, 0.25) is 0 Å². The fraction of sp³-hybridized carbons (Fsp3) is 0.241. The number of esters is 1. The van der Waals surface area contributed by atoms with E-state index in [9.17, 15) is 4.79 Å². The van der Waals surface area contributed by atoms with E-state index in [0.717, 1.165) is 12.1 Å². The molecule has 1 aliphatic rings. The van der Waals surface area contributed by atoms with Crippen LogP contribution in [0.25, 0.3) is 6.08 Å². The number of aryl methyl sites for hydroxylation is 1. The van der Waals surface area contributed by atoms with Crippen molar-refractivity contribution < 1.29 is 27.5 Å². The highest BCUT2D eigenvalue weighted by atomic mass is 35.5. The van der Waals surface area contributed by atoms with Crippen molar-refractivity contribution >= 4 is 41.0 Å². The first kappa shape index (κ1) is 27.7. The van der Waals surface area contributed by atoms with E-state index in [1.165, 1.54) is 24.3 Å². The van der Waals surface area contributed by atoms with Crippen molar-refractivity contribution in [1.82, 2.24) is 0 Å². The molecule has 4 rings (SSSR count). The van der Waals surface area contributed by atoms with Gasteiger partial charge in [0, 0.05) is 26.7 Å². The predicted octanol–water partition coefficient (Wildman–Crippen LogP) is 8.53. The normalized spacial score (nSPS) is 18.8. The van der Waals surface area contributed by atoms with Crippen molar-refractivity contribution in [3.63, 3.8) is 0 Å². The van der Waals surface area contributed by atoms with Crippen molar-refractivity contribution in [3.05, 3.63) is 110 Å². The highest BCUT2D eigenvalue weighted by molar-refractivity contribution is 6.34. The minimum absolute atomic E-state index is 0.0183. The Bertz CT molecular complexity index is 1420. The molecule has 0 bridgehead atoms. The topological polar surface area (TPSA) is 47.9 Å². The highest BCUT2D eigenvalue weighted by Gasteiger charge is 2.65. The first-order valence-corrected chi connectivity index (χ1v) is 12.4. The fourth-order valence-corrected chi connectivity index (χ4v) is 4.71. The van der Waals surface area contributed by atoms with Gasteiger partial charge < -0.3 is 9.57 Å². The Hall–Kier alpha value is -3.29. The predicted molar refractivity (Wildman–Crippen MR) is 143 cm³/mol. The van der Waals surface area contributed by atoms with Gasteiger partial charge >= 0.3 is 12.1 Å². The molecule has 0 radical (unpaired) electrons. The fourth-order valence-electron chi connectivity index (χ4n) is 4.18. The van der Waals surface area contributed by atoms with Crippen molar-refractivity contribution in [2.75, 3.05) is 0 Å². The van der Waals surface area contributed by atoms with Crippen LogP contribution in [0.3, 0.4) is 0 Å². The van der Waals surface area contributed by atoms with E-state index in [-0.39, 0.29) is 26.9 Å². The zero-order valence-corrected chi connectivity index (χ0v) is 22.5. The van der Waals surface area contributed by atoms with Gasteiger partial charge in [0.05, 0.1) is 5.56 Å². The van der Waals surface area contributed by atoms with Crippen molar-refractivity contribution in [1.29, 1.82) is 0 Å². The lowest BCUT2D eigenvalue weighted by Gasteiger charge is -2.31. The smallest absolute Gasteiger partial charge is 0.440 e. The maximum atomic E-state index is 15.0. The quantitative estimate of drug-likeness (QED) is 0.300. The van der Waals surface area contributed by atoms with Gasteiger partial charge in [0.25, 0.3) is 5.60 Å². The Balaban J connectivity index is 1.90. The molecule has 0 N–H and O–H groups in total. The molecule has 198 valence electrons. The lowest BCUT2D eigenvalue weighted by Crippen LogP contribution is -2.44. The van der Waals surface area contributed by atoms with Gasteiger partial charge in [-0.25, -0.2) is 4.79 Å².